The molecular formula is C11H11Cl2FN2O2. The summed E-state index contributed by atoms with van der Waals surface area (Å²) in [6.45, 7) is 0.364. The van der Waals surface area contributed by atoms with Crippen LogP contribution in [-0.2, 0) is 4.79 Å². The first kappa shape index (κ1) is 13.5. The third-order valence-electron chi connectivity index (χ3n) is 2.68. The monoisotopic (exact) mass is 292 g/mol. The number of hydrogen-bond donors (Lipinski definition) is 3. The maximum Gasteiger partial charge on any atom is 0.241 e. The minimum absolute atomic E-state index is 0.0342. The maximum atomic E-state index is 13.0. The summed E-state index contributed by atoms with van der Waals surface area (Å²) in [5, 5.41) is 14.8. The van der Waals surface area contributed by atoms with Gasteiger partial charge in [0.15, 0.2) is 0 Å². The van der Waals surface area contributed by atoms with Gasteiger partial charge in [-0.1, -0.05) is 23.2 Å². The van der Waals surface area contributed by atoms with Gasteiger partial charge in [-0.3, -0.25) is 4.79 Å². The first-order valence-corrected chi connectivity index (χ1v) is 6.10. The number of β-amino-alcohol motifs (C(OH)–C–C–N with tert-alkyl or cyclic N) is 1. The Morgan fingerprint density at radius 3 is 2.56 bits per heavy atom. The van der Waals surface area contributed by atoms with E-state index in [1.807, 2.05) is 0 Å². The van der Waals surface area contributed by atoms with Gasteiger partial charge in [0.05, 0.1) is 27.9 Å². The maximum absolute atomic E-state index is 13.0. The van der Waals surface area contributed by atoms with Crippen LogP contribution in [0.1, 0.15) is 6.42 Å². The molecule has 4 nitrogen and oxygen atoms in total. The van der Waals surface area contributed by atoms with Crippen LogP contribution < -0.4 is 10.6 Å². The molecule has 0 radical (unpaired) electrons. The zero-order valence-corrected chi connectivity index (χ0v) is 10.7. The molecule has 2 atom stereocenters. The molecule has 1 aliphatic heterocycles. The Morgan fingerprint density at radius 2 is 2.06 bits per heavy atom. The molecule has 18 heavy (non-hydrogen) atoms. The van der Waals surface area contributed by atoms with Crippen LogP contribution in [0.25, 0.3) is 0 Å². The number of anilines is 1. The molecule has 0 spiro atoms. The van der Waals surface area contributed by atoms with Crippen molar-refractivity contribution in [2.24, 2.45) is 0 Å². The number of hydrogen-bond acceptors (Lipinski definition) is 3. The Kier molecular flexibility index (Phi) is 4.07. The molecule has 0 aromatic heterocycles. The summed E-state index contributed by atoms with van der Waals surface area (Å²) in [5.41, 5.74) is 0.174. The van der Waals surface area contributed by atoms with E-state index < -0.39 is 18.0 Å². The van der Waals surface area contributed by atoms with Gasteiger partial charge >= 0.3 is 0 Å². The lowest BCUT2D eigenvalue weighted by molar-refractivity contribution is -0.117. The van der Waals surface area contributed by atoms with E-state index in [0.29, 0.717) is 13.0 Å². The summed E-state index contributed by atoms with van der Waals surface area (Å²) >= 11 is 11.6. The number of halogens is 3. The van der Waals surface area contributed by atoms with Crippen molar-refractivity contribution in [1.29, 1.82) is 0 Å². The fraction of sp³-hybridized carbons (Fsp3) is 0.364. The SMILES string of the molecule is O=C(Nc1c(Cl)cc(F)cc1Cl)C1CC(O)CN1. The average molecular weight is 293 g/mol. The van der Waals surface area contributed by atoms with Crippen molar-refractivity contribution in [2.45, 2.75) is 18.6 Å². The molecule has 1 fully saturated rings. The van der Waals surface area contributed by atoms with Crippen LogP contribution >= 0.6 is 23.2 Å². The molecule has 0 bridgehead atoms. The van der Waals surface area contributed by atoms with Crippen LogP contribution in [0, 0.1) is 5.82 Å². The summed E-state index contributed by atoms with van der Waals surface area (Å²) < 4.78 is 13.0. The van der Waals surface area contributed by atoms with Crippen molar-refractivity contribution < 1.29 is 14.3 Å². The van der Waals surface area contributed by atoms with Gasteiger partial charge in [0.2, 0.25) is 5.91 Å². The average Bonchev–Trinajstić information content (AvgIpc) is 2.70. The molecule has 3 N–H and O–H groups in total. The highest BCUT2D eigenvalue weighted by Crippen LogP contribution is 2.31. The largest absolute Gasteiger partial charge is 0.392 e. The van der Waals surface area contributed by atoms with Crippen LogP contribution in [0.3, 0.4) is 0 Å². The van der Waals surface area contributed by atoms with Crippen molar-refractivity contribution in [3.63, 3.8) is 0 Å². The normalized spacial score (nSPS) is 23.1. The van der Waals surface area contributed by atoms with E-state index in [2.05, 4.69) is 10.6 Å². The van der Waals surface area contributed by atoms with Gasteiger partial charge in [0.1, 0.15) is 5.82 Å². The molecule has 2 unspecified atom stereocenters. The first-order chi connectivity index (χ1) is 8.47. The van der Waals surface area contributed by atoms with E-state index in [0.717, 1.165) is 12.1 Å². The van der Waals surface area contributed by atoms with Gasteiger partial charge in [0, 0.05) is 6.54 Å². The molecule has 1 aromatic carbocycles. The molecule has 7 heteroatoms. The number of rotatable bonds is 2. The lowest BCUT2D eigenvalue weighted by atomic mass is 10.2. The Hall–Kier alpha value is -0.880. The fourth-order valence-electron chi connectivity index (χ4n) is 1.79. The van der Waals surface area contributed by atoms with Crippen molar-refractivity contribution >= 4 is 34.8 Å². The smallest absolute Gasteiger partial charge is 0.241 e. The molecule has 1 heterocycles. The van der Waals surface area contributed by atoms with Crippen LogP contribution in [-0.4, -0.2) is 29.7 Å². The second-order valence-corrected chi connectivity index (χ2v) is 4.90. The van der Waals surface area contributed by atoms with E-state index in [4.69, 9.17) is 23.2 Å². The van der Waals surface area contributed by atoms with Crippen LogP contribution in [0.2, 0.25) is 10.0 Å². The van der Waals surface area contributed by atoms with Gasteiger partial charge in [-0.25, -0.2) is 4.39 Å². The summed E-state index contributed by atoms with van der Waals surface area (Å²) in [6, 6.07) is 1.64. The van der Waals surface area contributed by atoms with Crippen molar-refractivity contribution in [3.8, 4) is 0 Å². The van der Waals surface area contributed by atoms with Gasteiger partial charge in [0.25, 0.3) is 0 Å². The zero-order valence-electron chi connectivity index (χ0n) is 9.21. The Labute approximate surface area is 113 Å². The minimum Gasteiger partial charge on any atom is -0.392 e. The molecular weight excluding hydrogens is 282 g/mol. The topological polar surface area (TPSA) is 61.4 Å². The number of amides is 1. The van der Waals surface area contributed by atoms with Crippen molar-refractivity contribution in [2.75, 3.05) is 11.9 Å². The number of aliphatic hydroxyl groups is 1. The predicted molar refractivity (Wildman–Crippen MR) is 67.5 cm³/mol. The summed E-state index contributed by atoms with van der Waals surface area (Å²) in [6.07, 6.45) is -0.220. The number of nitrogens with one attached hydrogen (secondary N) is 2. The summed E-state index contributed by atoms with van der Waals surface area (Å²) in [5.74, 6) is -0.931. The quantitative estimate of drug-likeness (QED) is 0.779. The second-order valence-electron chi connectivity index (χ2n) is 4.08. The molecule has 98 valence electrons. The third kappa shape index (κ3) is 2.92. The first-order valence-electron chi connectivity index (χ1n) is 5.34. The molecule has 0 aliphatic carbocycles. The van der Waals surface area contributed by atoms with Crippen molar-refractivity contribution in [3.05, 3.63) is 28.0 Å². The molecule has 1 saturated heterocycles. The Morgan fingerprint density at radius 1 is 1.44 bits per heavy atom. The molecule has 1 aromatic rings. The summed E-state index contributed by atoms with van der Waals surface area (Å²) in [7, 11) is 0. The number of carbonyl (C=O) groups is 1. The minimum atomic E-state index is -0.572. The van der Waals surface area contributed by atoms with Gasteiger partial charge in [-0.05, 0) is 18.6 Å². The van der Waals surface area contributed by atoms with Gasteiger partial charge in [-0.15, -0.1) is 0 Å². The van der Waals surface area contributed by atoms with E-state index >= 15 is 0 Å². The molecule has 0 saturated carbocycles. The predicted octanol–water partition coefficient (Wildman–Crippen LogP) is 1.79. The van der Waals surface area contributed by atoms with Crippen LogP contribution in [0.4, 0.5) is 10.1 Å². The lowest BCUT2D eigenvalue weighted by Crippen LogP contribution is -2.35. The Balaban J connectivity index is 2.12. The van der Waals surface area contributed by atoms with Gasteiger partial charge < -0.3 is 15.7 Å². The number of benzene rings is 1. The van der Waals surface area contributed by atoms with Crippen molar-refractivity contribution in [1.82, 2.24) is 5.32 Å². The van der Waals surface area contributed by atoms with E-state index in [-0.39, 0.29) is 21.6 Å². The second kappa shape index (κ2) is 5.40. The highest BCUT2D eigenvalue weighted by Gasteiger charge is 2.28. The highest BCUT2D eigenvalue weighted by molar-refractivity contribution is 6.39. The highest BCUT2D eigenvalue weighted by atomic mass is 35.5. The lowest BCUT2D eigenvalue weighted by Gasteiger charge is -2.13. The van der Waals surface area contributed by atoms with E-state index in [1.165, 1.54) is 0 Å². The molecule has 1 amide bonds. The fourth-order valence-corrected chi connectivity index (χ4v) is 2.34. The Bertz CT molecular complexity index is 461. The molecule has 2 rings (SSSR count). The van der Waals surface area contributed by atoms with E-state index in [1.54, 1.807) is 0 Å². The van der Waals surface area contributed by atoms with Crippen LogP contribution in [0.15, 0.2) is 12.1 Å². The number of aliphatic hydroxyl groups excluding tert-OH is 1. The molecule has 1 aliphatic rings. The van der Waals surface area contributed by atoms with E-state index in [9.17, 15) is 14.3 Å². The van der Waals surface area contributed by atoms with Crippen LogP contribution in [0.5, 0.6) is 0 Å². The van der Waals surface area contributed by atoms with Gasteiger partial charge in [-0.2, -0.15) is 0 Å². The summed E-state index contributed by atoms with van der Waals surface area (Å²) in [4.78, 5) is 11.9. The third-order valence-corrected chi connectivity index (χ3v) is 3.28. The standard InChI is InChI=1S/C11H11Cl2FN2O2/c12-7-1-5(14)2-8(13)10(7)16-11(18)9-3-6(17)4-15-9/h1-2,6,9,15,17H,3-4H2,(H,16,18). The number of carbonyl (C=O) groups excluding carboxylic acids is 1. The zero-order chi connectivity index (χ0) is 13.3.